The molecule has 0 spiro atoms. The standard InChI is InChI=1S/C14H18N4O4/c1-14(2,3)22-13(21)18-10(12(19)20)6-4-5-9-7-17-11(15)8-16-9/h7-8,10H,6H2,1-3H3,(H2,15,17)(H,18,21)(H,19,20). The lowest BCUT2D eigenvalue weighted by Crippen LogP contribution is -2.43. The van der Waals surface area contributed by atoms with E-state index in [-0.39, 0.29) is 12.2 Å². The van der Waals surface area contributed by atoms with Crippen molar-refractivity contribution in [2.75, 3.05) is 5.73 Å². The van der Waals surface area contributed by atoms with Crippen LogP contribution in [0.5, 0.6) is 0 Å². The number of alkyl carbamates (subject to hydrolysis) is 1. The van der Waals surface area contributed by atoms with Gasteiger partial charge in [-0.1, -0.05) is 5.92 Å². The third-order valence-corrected chi connectivity index (χ3v) is 2.18. The maximum Gasteiger partial charge on any atom is 0.408 e. The van der Waals surface area contributed by atoms with Crippen molar-refractivity contribution in [2.24, 2.45) is 0 Å². The number of nitrogens with one attached hydrogen (secondary N) is 1. The van der Waals surface area contributed by atoms with Gasteiger partial charge >= 0.3 is 12.1 Å². The number of anilines is 1. The van der Waals surface area contributed by atoms with Gasteiger partial charge in [-0.25, -0.2) is 19.6 Å². The van der Waals surface area contributed by atoms with Crippen LogP contribution in [0, 0.1) is 11.8 Å². The highest BCUT2D eigenvalue weighted by Gasteiger charge is 2.23. The molecule has 0 saturated carbocycles. The third-order valence-electron chi connectivity index (χ3n) is 2.18. The zero-order valence-corrected chi connectivity index (χ0v) is 12.6. The van der Waals surface area contributed by atoms with Crippen LogP contribution in [-0.4, -0.2) is 38.8 Å². The second-order valence-electron chi connectivity index (χ2n) is 5.37. The van der Waals surface area contributed by atoms with E-state index in [9.17, 15) is 9.59 Å². The smallest absolute Gasteiger partial charge is 0.408 e. The number of ether oxygens (including phenoxy) is 1. The van der Waals surface area contributed by atoms with Crippen LogP contribution in [0.2, 0.25) is 0 Å². The summed E-state index contributed by atoms with van der Waals surface area (Å²) < 4.78 is 5.00. The third kappa shape index (κ3) is 6.56. The van der Waals surface area contributed by atoms with Gasteiger partial charge in [0.1, 0.15) is 23.2 Å². The van der Waals surface area contributed by atoms with E-state index in [0.717, 1.165) is 0 Å². The molecular weight excluding hydrogens is 288 g/mol. The molecule has 8 heteroatoms. The molecule has 118 valence electrons. The molecule has 1 aromatic heterocycles. The minimum absolute atomic E-state index is 0.0966. The summed E-state index contributed by atoms with van der Waals surface area (Å²) in [6.07, 6.45) is 1.81. The summed E-state index contributed by atoms with van der Waals surface area (Å²) in [7, 11) is 0. The van der Waals surface area contributed by atoms with E-state index in [2.05, 4.69) is 27.1 Å². The van der Waals surface area contributed by atoms with E-state index >= 15 is 0 Å². The number of aliphatic carboxylic acids is 1. The lowest BCUT2D eigenvalue weighted by molar-refractivity contribution is -0.139. The molecule has 0 aromatic carbocycles. The number of carboxylic acid groups (broad SMARTS) is 1. The molecule has 1 unspecified atom stereocenters. The van der Waals surface area contributed by atoms with Crippen LogP contribution in [0.15, 0.2) is 12.4 Å². The predicted molar refractivity (Wildman–Crippen MR) is 78.7 cm³/mol. The van der Waals surface area contributed by atoms with Crippen LogP contribution in [0.3, 0.4) is 0 Å². The SMILES string of the molecule is CC(C)(C)OC(=O)NC(CC#Cc1cnc(N)cn1)C(=O)O. The number of carbonyl (C=O) groups is 2. The van der Waals surface area contributed by atoms with Crippen molar-refractivity contribution in [1.29, 1.82) is 0 Å². The van der Waals surface area contributed by atoms with Gasteiger partial charge in [0, 0.05) is 6.42 Å². The van der Waals surface area contributed by atoms with Crippen LogP contribution in [0.25, 0.3) is 0 Å². The van der Waals surface area contributed by atoms with E-state index in [1.54, 1.807) is 20.8 Å². The Morgan fingerprint density at radius 1 is 1.41 bits per heavy atom. The number of rotatable bonds is 3. The van der Waals surface area contributed by atoms with E-state index < -0.39 is 23.7 Å². The monoisotopic (exact) mass is 306 g/mol. The molecule has 0 fully saturated rings. The molecule has 4 N–H and O–H groups in total. The largest absolute Gasteiger partial charge is 0.480 e. The van der Waals surface area contributed by atoms with Crippen molar-refractivity contribution in [3.05, 3.63) is 18.1 Å². The highest BCUT2D eigenvalue weighted by atomic mass is 16.6. The van der Waals surface area contributed by atoms with Gasteiger partial charge in [0.2, 0.25) is 0 Å². The molecule has 0 bridgehead atoms. The molecule has 0 aliphatic carbocycles. The molecule has 1 aromatic rings. The Morgan fingerprint density at radius 2 is 2.09 bits per heavy atom. The fourth-order valence-corrected chi connectivity index (χ4v) is 1.30. The summed E-state index contributed by atoms with van der Waals surface area (Å²) in [4.78, 5) is 30.4. The van der Waals surface area contributed by atoms with Gasteiger partial charge in [0.15, 0.2) is 0 Å². The molecule has 0 saturated heterocycles. The first-order chi connectivity index (χ1) is 10.2. The quantitative estimate of drug-likeness (QED) is 0.704. The van der Waals surface area contributed by atoms with E-state index in [1.165, 1.54) is 12.4 Å². The lowest BCUT2D eigenvalue weighted by Gasteiger charge is -2.21. The van der Waals surface area contributed by atoms with Crippen LogP contribution in [0.1, 0.15) is 32.9 Å². The number of hydrogen-bond donors (Lipinski definition) is 3. The van der Waals surface area contributed by atoms with Crippen molar-refractivity contribution in [3.63, 3.8) is 0 Å². The van der Waals surface area contributed by atoms with Crippen molar-refractivity contribution in [1.82, 2.24) is 15.3 Å². The minimum atomic E-state index is -1.21. The molecule has 1 amide bonds. The van der Waals surface area contributed by atoms with E-state index in [0.29, 0.717) is 5.69 Å². The fourth-order valence-electron chi connectivity index (χ4n) is 1.30. The Balaban J connectivity index is 2.64. The van der Waals surface area contributed by atoms with Crippen LogP contribution in [0.4, 0.5) is 10.6 Å². The summed E-state index contributed by atoms with van der Waals surface area (Å²) in [5, 5.41) is 11.3. The van der Waals surface area contributed by atoms with Gasteiger partial charge in [-0.2, -0.15) is 0 Å². The zero-order valence-electron chi connectivity index (χ0n) is 12.6. The first-order valence-electron chi connectivity index (χ1n) is 6.46. The molecule has 0 aliphatic rings. The highest BCUT2D eigenvalue weighted by Crippen LogP contribution is 2.07. The van der Waals surface area contributed by atoms with Crippen LogP contribution < -0.4 is 11.1 Å². The van der Waals surface area contributed by atoms with Crippen LogP contribution >= 0.6 is 0 Å². The van der Waals surface area contributed by atoms with Gasteiger partial charge in [0.25, 0.3) is 0 Å². The number of nitrogens with two attached hydrogens (primary N) is 1. The van der Waals surface area contributed by atoms with Crippen LogP contribution in [-0.2, 0) is 9.53 Å². The lowest BCUT2D eigenvalue weighted by atomic mass is 10.2. The van der Waals surface area contributed by atoms with Crippen molar-refractivity contribution < 1.29 is 19.4 Å². The first-order valence-corrected chi connectivity index (χ1v) is 6.46. The second-order valence-corrected chi connectivity index (χ2v) is 5.37. The summed E-state index contributed by atoms with van der Waals surface area (Å²) in [6, 6.07) is -1.18. The molecule has 1 heterocycles. The Bertz CT molecular complexity index is 596. The molecule has 0 radical (unpaired) electrons. The minimum Gasteiger partial charge on any atom is -0.480 e. The number of hydrogen-bond acceptors (Lipinski definition) is 6. The molecule has 22 heavy (non-hydrogen) atoms. The molecule has 0 aliphatic heterocycles. The summed E-state index contributed by atoms with van der Waals surface area (Å²) in [5.74, 6) is 4.33. The normalized spacial score (nSPS) is 11.8. The highest BCUT2D eigenvalue weighted by molar-refractivity contribution is 5.80. The molecule has 1 rings (SSSR count). The number of aromatic nitrogens is 2. The molecular formula is C14H18N4O4. The Morgan fingerprint density at radius 3 is 2.59 bits per heavy atom. The summed E-state index contributed by atoms with van der Waals surface area (Å²) >= 11 is 0. The maximum atomic E-state index is 11.6. The van der Waals surface area contributed by atoms with Gasteiger partial charge in [-0.3, -0.25) is 0 Å². The van der Waals surface area contributed by atoms with Gasteiger partial charge in [0.05, 0.1) is 12.4 Å². The van der Waals surface area contributed by atoms with Gasteiger partial charge < -0.3 is 20.9 Å². The first kappa shape index (κ1) is 17.2. The fraction of sp³-hybridized carbons (Fsp3) is 0.429. The maximum absolute atomic E-state index is 11.6. The number of amides is 1. The van der Waals surface area contributed by atoms with Crippen molar-refractivity contribution in [2.45, 2.75) is 38.8 Å². The number of carboxylic acids is 1. The van der Waals surface area contributed by atoms with Crippen molar-refractivity contribution >= 4 is 17.9 Å². The topological polar surface area (TPSA) is 127 Å². The number of nitrogen functional groups attached to an aromatic ring is 1. The zero-order chi connectivity index (χ0) is 16.8. The Labute approximate surface area is 128 Å². The average Bonchev–Trinajstić information content (AvgIpc) is 2.37. The van der Waals surface area contributed by atoms with E-state index in [1.807, 2.05) is 0 Å². The molecule has 1 atom stereocenters. The Kier molecular flexibility index (Phi) is 5.69. The molecule has 8 nitrogen and oxygen atoms in total. The van der Waals surface area contributed by atoms with Gasteiger partial charge in [-0.05, 0) is 26.7 Å². The Hall–Kier alpha value is -2.82. The predicted octanol–water partition coefficient (Wildman–Crippen LogP) is 0.778. The second kappa shape index (κ2) is 7.26. The van der Waals surface area contributed by atoms with E-state index in [4.69, 9.17) is 15.6 Å². The average molecular weight is 306 g/mol. The summed E-state index contributed by atoms with van der Waals surface area (Å²) in [6.45, 7) is 5.05. The number of nitrogens with zero attached hydrogens (tertiary/aromatic N) is 2. The van der Waals surface area contributed by atoms with Gasteiger partial charge in [-0.15, -0.1) is 0 Å². The van der Waals surface area contributed by atoms with Crippen molar-refractivity contribution in [3.8, 4) is 11.8 Å². The number of carbonyl (C=O) groups excluding carboxylic acids is 1. The summed E-state index contributed by atoms with van der Waals surface area (Å²) in [5.41, 5.74) is 5.03.